The molecule has 2 heterocycles. The summed E-state index contributed by atoms with van der Waals surface area (Å²) in [6.07, 6.45) is 4.76. The number of piperidine rings is 1. The van der Waals surface area contributed by atoms with Gasteiger partial charge in [0.1, 0.15) is 0 Å². The maximum atomic E-state index is 12.4. The zero-order valence-corrected chi connectivity index (χ0v) is 11.6. The highest BCUT2D eigenvalue weighted by molar-refractivity contribution is 7.89. The first-order valence-electron chi connectivity index (χ1n) is 6.23. The highest BCUT2D eigenvalue weighted by atomic mass is 32.2. The molecule has 106 valence electrons. The van der Waals surface area contributed by atoms with Crippen LogP contribution >= 0.6 is 0 Å². The summed E-state index contributed by atoms with van der Waals surface area (Å²) >= 11 is 0. The minimum absolute atomic E-state index is 0.0286. The quantitative estimate of drug-likeness (QED) is 0.892. The molecule has 0 spiro atoms. The van der Waals surface area contributed by atoms with Gasteiger partial charge in [-0.3, -0.25) is 4.79 Å². The molecule has 0 aromatic carbocycles. The van der Waals surface area contributed by atoms with E-state index >= 15 is 0 Å². The second kappa shape index (κ2) is 5.34. The smallest absolute Gasteiger partial charge is 0.303 e. The van der Waals surface area contributed by atoms with Crippen LogP contribution in [0.3, 0.4) is 0 Å². The summed E-state index contributed by atoms with van der Waals surface area (Å²) < 4.78 is 27.9. The van der Waals surface area contributed by atoms with Gasteiger partial charge in [0.15, 0.2) is 0 Å². The van der Waals surface area contributed by atoms with Crippen LogP contribution in [0.4, 0.5) is 0 Å². The van der Waals surface area contributed by atoms with Crippen molar-refractivity contribution in [1.82, 2.24) is 8.87 Å². The predicted molar refractivity (Wildman–Crippen MR) is 69.1 cm³/mol. The summed E-state index contributed by atoms with van der Waals surface area (Å²) in [5.74, 6) is -0.964. The molecule has 0 aliphatic carbocycles. The van der Waals surface area contributed by atoms with Crippen molar-refractivity contribution in [2.24, 2.45) is 13.0 Å². The molecule has 1 aromatic heterocycles. The van der Waals surface area contributed by atoms with E-state index in [2.05, 4.69) is 0 Å². The topological polar surface area (TPSA) is 79.6 Å². The Morgan fingerprint density at radius 1 is 1.53 bits per heavy atom. The average Bonchev–Trinajstić information content (AvgIpc) is 2.76. The maximum Gasteiger partial charge on any atom is 0.303 e. The van der Waals surface area contributed by atoms with Crippen LogP contribution in [0, 0.1) is 5.92 Å². The van der Waals surface area contributed by atoms with Gasteiger partial charge in [-0.15, -0.1) is 0 Å². The van der Waals surface area contributed by atoms with Crippen LogP contribution in [-0.4, -0.2) is 41.5 Å². The van der Waals surface area contributed by atoms with Crippen molar-refractivity contribution in [3.8, 4) is 0 Å². The number of aromatic nitrogens is 1. The van der Waals surface area contributed by atoms with Crippen molar-refractivity contribution in [3.63, 3.8) is 0 Å². The molecule has 1 aliphatic heterocycles. The van der Waals surface area contributed by atoms with Gasteiger partial charge in [0.2, 0.25) is 10.0 Å². The number of carbonyl (C=O) groups is 1. The van der Waals surface area contributed by atoms with Gasteiger partial charge in [-0.2, -0.15) is 4.31 Å². The van der Waals surface area contributed by atoms with Gasteiger partial charge in [-0.25, -0.2) is 8.42 Å². The van der Waals surface area contributed by atoms with Crippen molar-refractivity contribution < 1.29 is 18.3 Å². The number of rotatable bonds is 4. The molecule has 1 aromatic rings. The Hall–Kier alpha value is -1.34. The van der Waals surface area contributed by atoms with E-state index in [0.29, 0.717) is 19.5 Å². The molecule has 0 saturated carbocycles. The van der Waals surface area contributed by atoms with E-state index in [1.165, 1.54) is 4.31 Å². The number of nitrogens with zero attached hydrogens (tertiary/aromatic N) is 2. The Bertz CT molecular complexity index is 564. The Kier molecular flexibility index (Phi) is 3.96. The predicted octanol–water partition coefficient (Wildman–Crippen LogP) is 0.901. The number of aryl methyl sites for hydroxylation is 1. The van der Waals surface area contributed by atoms with Crippen LogP contribution in [0.15, 0.2) is 23.4 Å². The minimum atomic E-state index is -3.49. The van der Waals surface area contributed by atoms with Crippen LogP contribution in [0.25, 0.3) is 0 Å². The summed E-state index contributed by atoms with van der Waals surface area (Å²) in [7, 11) is -1.72. The molecule has 0 amide bonds. The second-order valence-corrected chi connectivity index (χ2v) is 6.92. The van der Waals surface area contributed by atoms with E-state index < -0.39 is 16.0 Å². The third kappa shape index (κ3) is 3.16. The van der Waals surface area contributed by atoms with E-state index in [0.717, 1.165) is 6.42 Å². The Labute approximate surface area is 112 Å². The van der Waals surface area contributed by atoms with Crippen molar-refractivity contribution in [3.05, 3.63) is 18.5 Å². The number of carboxylic acid groups (broad SMARTS) is 1. The molecule has 1 atom stereocenters. The fourth-order valence-corrected chi connectivity index (χ4v) is 4.05. The van der Waals surface area contributed by atoms with E-state index in [-0.39, 0.29) is 17.2 Å². The molecule has 0 bridgehead atoms. The fraction of sp³-hybridized carbons (Fsp3) is 0.583. The van der Waals surface area contributed by atoms with Crippen LogP contribution in [-0.2, 0) is 21.9 Å². The van der Waals surface area contributed by atoms with Crippen molar-refractivity contribution in [1.29, 1.82) is 0 Å². The van der Waals surface area contributed by atoms with Crippen molar-refractivity contribution in [2.45, 2.75) is 24.2 Å². The van der Waals surface area contributed by atoms with Gasteiger partial charge in [0, 0.05) is 39.0 Å². The second-order valence-electron chi connectivity index (χ2n) is 4.98. The van der Waals surface area contributed by atoms with Gasteiger partial charge in [0.05, 0.1) is 4.90 Å². The zero-order chi connectivity index (χ0) is 14.0. The first-order valence-corrected chi connectivity index (χ1v) is 7.67. The molecule has 1 unspecified atom stereocenters. The van der Waals surface area contributed by atoms with Crippen LogP contribution in [0.2, 0.25) is 0 Å². The molecule has 6 nitrogen and oxygen atoms in total. The van der Waals surface area contributed by atoms with E-state index in [4.69, 9.17) is 5.11 Å². The Balaban J connectivity index is 2.14. The molecule has 1 N–H and O–H groups in total. The van der Waals surface area contributed by atoms with E-state index in [1.807, 2.05) is 0 Å². The lowest BCUT2D eigenvalue weighted by Gasteiger charge is -2.30. The number of sulfonamides is 1. The van der Waals surface area contributed by atoms with Gasteiger partial charge >= 0.3 is 5.97 Å². The third-order valence-electron chi connectivity index (χ3n) is 3.39. The summed E-state index contributed by atoms with van der Waals surface area (Å²) in [4.78, 5) is 11.0. The zero-order valence-electron chi connectivity index (χ0n) is 10.8. The Morgan fingerprint density at radius 2 is 2.26 bits per heavy atom. The lowest BCUT2D eigenvalue weighted by atomic mass is 9.96. The third-order valence-corrected chi connectivity index (χ3v) is 5.24. The SMILES string of the molecule is Cn1ccc(S(=O)(=O)N2CCCC(CC(=O)O)C2)c1. The van der Waals surface area contributed by atoms with Gasteiger partial charge < -0.3 is 9.67 Å². The highest BCUT2D eigenvalue weighted by Crippen LogP contribution is 2.25. The van der Waals surface area contributed by atoms with Crippen molar-refractivity contribution >= 4 is 16.0 Å². The number of hydrogen-bond donors (Lipinski definition) is 1. The molecule has 7 heteroatoms. The van der Waals surface area contributed by atoms with E-state index in [1.54, 1.807) is 30.1 Å². The van der Waals surface area contributed by atoms with Gasteiger partial charge in [-0.05, 0) is 24.8 Å². The standard InChI is InChI=1S/C12H18N2O4S/c1-13-6-4-11(9-13)19(17,18)14-5-2-3-10(8-14)7-12(15)16/h4,6,9-10H,2-3,5,7-8H2,1H3,(H,15,16). The maximum absolute atomic E-state index is 12.4. The fourth-order valence-electron chi connectivity index (χ4n) is 2.44. The normalized spacial score (nSPS) is 21.4. The molecular formula is C12H18N2O4S. The molecule has 2 rings (SSSR count). The number of hydrogen-bond acceptors (Lipinski definition) is 3. The average molecular weight is 286 g/mol. The molecule has 19 heavy (non-hydrogen) atoms. The molecular weight excluding hydrogens is 268 g/mol. The van der Waals surface area contributed by atoms with E-state index in [9.17, 15) is 13.2 Å². The summed E-state index contributed by atoms with van der Waals surface area (Å²) in [5, 5.41) is 8.80. The van der Waals surface area contributed by atoms with Gasteiger partial charge in [-0.1, -0.05) is 0 Å². The first kappa shape index (κ1) is 14.1. The highest BCUT2D eigenvalue weighted by Gasteiger charge is 2.31. The van der Waals surface area contributed by atoms with Crippen LogP contribution in [0.5, 0.6) is 0 Å². The number of carboxylic acids is 1. The monoisotopic (exact) mass is 286 g/mol. The van der Waals surface area contributed by atoms with Crippen LogP contribution in [0.1, 0.15) is 19.3 Å². The molecule has 1 saturated heterocycles. The number of aliphatic carboxylic acids is 1. The first-order chi connectivity index (χ1) is 8.89. The Morgan fingerprint density at radius 3 is 2.84 bits per heavy atom. The lowest BCUT2D eigenvalue weighted by Crippen LogP contribution is -2.40. The summed E-state index contributed by atoms with van der Waals surface area (Å²) in [6.45, 7) is 0.761. The molecule has 0 radical (unpaired) electrons. The lowest BCUT2D eigenvalue weighted by molar-refractivity contribution is -0.138. The van der Waals surface area contributed by atoms with Crippen LogP contribution < -0.4 is 0 Å². The molecule has 1 aliphatic rings. The summed E-state index contributed by atoms with van der Waals surface area (Å²) in [5.41, 5.74) is 0. The largest absolute Gasteiger partial charge is 0.481 e. The molecule has 1 fully saturated rings. The van der Waals surface area contributed by atoms with Crippen molar-refractivity contribution in [2.75, 3.05) is 13.1 Å². The summed E-state index contributed by atoms with van der Waals surface area (Å²) in [6, 6.07) is 1.57. The van der Waals surface area contributed by atoms with Gasteiger partial charge in [0.25, 0.3) is 0 Å². The minimum Gasteiger partial charge on any atom is -0.481 e.